The Morgan fingerprint density at radius 3 is 2.33 bits per heavy atom. The van der Waals surface area contributed by atoms with Crippen molar-refractivity contribution in [1.29, 1.82) is 0 Å². The Kier molecular flexibility index (Phi) is 6.59. The van der Waals surface area contributed by atoms with Gasteiger partial charge in [0.15, 0.2) is 11.6 Å². The number of carbonyl (C=O) groups excluding carboxylic acids is 2. The maximum absolute atomic E-state index is 12.6. The summed E-state index contributed by atoms with van der Waals surface area (Å²) in [5.74, 6) is 1.78. The normalized spacial score (nSPS) is 10.6. The molecule has 0 bridgehead atoms. The highest BCUT2D eigenvalue weighted by Gasteiger charge is 2.15. The van der Waals surface area contributed by atoms with Crippen LogP contribution < -0.4 is 10.1 Å². The second-order valence-electron chi connectivity index (χ2n) is 7.52. The van der Waals surface area contributed by atoms with Crippen molar-refractivity contribution in [1.82, 2.24) is 14.8 Å². The van der Waals surface area contributed by atoms with Crippen LogP contribution in [0.3, 0.4) is 0 Å². The van der Waals surface area contributed by atoms with Crippen LogP contribution in [0.1, 0.15) is 33.0 Å². The number of ketones is 1. The number of carbonyl (C=O) groups is 2. The summed E-state index contributed by atoms with van der Waals surface area (Å²) in [6, 6.07) is 23.7. The Morgan fingerprint density at radius 2 is 1.61 bits per heavy atom. The minimum absolute atomic E-state index is 0.0790. The van der Waals surface area contributed by atoms with Gasteiger partial charge in [-0.05, 0) is 36.4 Å². The van der Waals surface area contributed by atoms with Gasteiger partial charge in [-0.2, -0.15) is 0 Å². The fraction of sp³-hybridized carbons (Fsp3) is 0.154. The average molecular weight is 441 g/mol. The quantitative estimate of drug-likeness (QED) is 0.406. The topological polar surface area (TPSA) is 86.1 Å². The zero-order valence-corrected chi connectivity index (χ0v) is 18.5. The SMILES string of the molecule is COc1ccccc1C(=O)Nc1ccc(-c2nnc(CCC(=O)c3ccccc3)n2C)cc1. The van der Waals surface area contributed by atoms with Crippen molar-refractivity contribution in [3.63, 3.8) is 0 Å². The molecule has 0 radical (unpaired) electrons. The van der Waals surface area contributed by atoms with Gasteiger partial charge < -0.3 is 14.6 Å². The van der Waals surface area contributed by atoms with Gasteiger partial charge in [-0.25, -0.2) is 0 Å². The van der Waals surface area contributed by atoms with Crippen molar-refractivity contribution in [2.75, 3.05) is 12.4 Å². The monoisotopic (exact) mass is 440 g/mol. The summed E-state index contributed by atoms with van der Waals surface area (Å²) in [6.45, 7) is 0. The number of para-hydroxylation sites is 1. The molecule has 1 aromatic heterocycles. The van der Waals surface area contributed by atoms with E-state index in [0.29, 0.717) is 41.2 Å². The van der Waals surface area contributed by atoms with Gasteiger partial charge in [0.25, 0.3) is 5.91 Å². The van der Waals surface area contributed by atoms with Crippen LogP contribution in [-0.4, -0.2) is 33.6 Å². The second-order valence-corrected chi connectivity index (χ2v) is 7.52. The molecule has 0 fully saturated rings. The summed E-state index contributed by atoms with van der Waals surface area (Å²) in [5, 5.41) is 11.4. The fourth-order valence-electron chi connectivity index (χ4n) is 3.56. The number of Topliss-reactive ketones (excluding diaryl/α,β-unsaturated/α-hetero) is 1. The van der Waals surface area contributed by atoms with Gasteiger partial charge in [-0.1, -0.05) is 42.5 Å². The Balaban J connectivity index is 1.42. The molecular formula is C26H24N4O3. The number of anilines is 1. The first-order valence-electron chi connectivity index (χ1n) is 10.6. The van der Waals surface area contributed by atoms with Crippen molar-refractivity contribution < 1.29 is 14.3 Å². The highest BCUT2D eigenvalue weighted by Crippen LogP contribution is 2.23. The minimum Gasteiger partial charge on any atom is -0.496 e. The lowest BCUT2D eigenvalue weighted by molar-refractivity contribution is 0.0980. The lowest BCUT2D eigenvalue weighted by Gasteiger charge is -2.10. The second kappa shape index (κ2) is 9.91. The molecule has 0 saturated carbocycles. The van der Waals surface area contributed by atoms with Crippen LogP contribution in [0.25, 0.3) is 11.4 Å². The smallest absolute Gasteiger partial charge is 0.259 e. The molecule has 7 nitrogen and oxygen atoms in total. The van der Waals surface area contributed by atoms with Crippen molar-refractivity contribution >= 4 is 17.4 Å². The first-order chi connectivity index (χ1) is 16.1. The molecule has 1 N–H and O–H groups in total. The Morgan fingerprint density at radius 1 is 0.909 bits per heavy atom. The predicted octanol–water partition coefficient (Wildman–Crippen LogP) is 4.56. The van der Waals surface area contributed by atoms with Crippen LogP contribution in [0.5, 0.6) is 5.75 Å². The van der Waals surface area contributed by atoms with E-state index < -0.39 is 0 Å². The first kappa shape index (κ1) is 22.0. The summed E-state index contributed by atoms with van der Waals surface area (Å²) in [7, 11) is 3.42. The molecule has 0 aliphatic rings. The highest BCUT2D eigenvalue weighted by molar-refractivity contribution is 6.06. The molecular weight excluding hydrogens is 416 g/mol. The zero-order chi connectivity index (χ0) is 23.2. The van der Waals surface area contributed by atoms with E-state index in [0.717, 1.165) is 11.4 Å². The van der Waals surface area contributed by atoms with Crippen molar-refractivity contribution in [2.45, 2.75) is 12.8 Å². The van der Waals surface area contributed by atoms with Crippen molar-refractivity contribution in [3.8, 4) is 17.1 Å². The largest absolute Gasteiger partial charge is 0.496 e. The van der Waals surface area contributed by atoms with Crippen molar-refractivity contribution in [3.05, 3.63) is 95.8 Å². The van der Waals surface area contributed by atoms with E-state index in [9.17, 15) is 9.59 Å². The summed E-state index contributed by atoms with van der Waals surface area (Å²) < 4.78 is 7.15. The lowest BCUT2D eigenvalue weighted by atomic mass is 10.1. The molecule has 166 valence electrons. The molecule has 0 aliphatic heterocycles. The maximum Gasteiger partial charge on any atom is 0.259 e. The molecule has 0 atom stereocenters. The number of rotatable bonds is 8. The molecule has 0 aliphatic carbocycles. The number of hydrogen-bond acceptors (Lipinski definition) is 5. The number of aromatic nitrogens is 3. The molecule has 1 heterocycles. The van der Waals surface area contributed by atoms with E-state index in [1.807, 2.05) is 72.3 Å². The molecule has 4 aromatic rings. The molecule has 7 heteroatoms. The summed E-state index contributed by atoms with van der Waals surface area (Å²) in [4.78, 5) is 25.0. The molecule has 3 aromatic carbocycles. The number of benzene rings is 3. The Labute approximate surface area is 192 Å². The van der Waals surface area contributed by atoms with Crippen LogP contribution in [0, 0.1) is 0 Å². The van der Waals surface area contributed by atoms with Crippen LogP contribution in [0.2, 0.25) is 0 Å². The molecule has 0 saturated heterocycles. The van der Waals surface area contributed by atoms with Gasteiger partial charge in [0, 0.05) is 36.7 Å². The first-order valence-corrected chi connectivity index (χ1v) is 10.6. The number of ether oxygens (including phenoxy) is 1. The molecule has 0 unspecified atom stereocenters. The highest BCUT2D eigenvalue weighted by atomic mass is 16.5. The van der Waals surface area contributed by atoms with Gasteiger partial charge in [-0.3, -0.25) is 9.59 Å². The van der Waals surface area contributed by atoms with E-state index in [1.54, 1.807) is 18.2 Å². The third-order valence-corrected chi connectivity index (χ3v) is 5.39. The van der Waals surface area contributed by atoms with Gasteiger partial charge in [0.2, 0.25) is 0 Å². The molecule has 4 rings (SSSR count). The van der Waals surface area contributed by atoms with Crippen LogP contribution >= 0.6 is 0 Å². The van der Waals surface area contributed by atoms with E-state index in [4.69, 9.17) is 4.74 Å². The van der Waals surface area contributed by atoms with E-state index >= 15 is 0 Å². The van der Waals surface area contributed by atoms with Gasteiger partial charge >= 0.3 is 0 Å². The summed E-state index contributed by atoms with van der Waals surface area (Å²) in [5.41, 5.74) is 2.68. The number of hydrogen-bond donors (Lipinski definition) is 1. The van der Waals surface area contributed by atoms with Crippen LogP contribution in [0.4, 0.5) is 5.69 Å². The number of amides is 1. The number of nitrogens with one attached hydrogen (secondary N) is 1. The summed E-state index contributed by atoms with van der Waals surface area (Å²) >= 11 is 0. The van der Waals surface area contributed by atoms with E-state index in [2.05, 4.69) is 15.5 Å². The summed E-state index contributed by atoms with van der Waals surface area (Å²) in [6.07, 6.45) is 0.869. The van der Waals surface area contributed by atoms with E-state index in [1.165, 1.54) is 7.11 Å². The van der Waals surface area contributed by atoms with Crippen molar-refractivity contribution in [2.24, 2.45) is 7.05 Å². The van der Waals surface area contributed by atoms with Crippen LogP contribution in [-0.2, 0) is 13.5 Å². The third kappa shape index (κ3) is 4.98. The Bertz CT molecular complexity index is 1260. The molecule has 33 heavy (non-hydrogen) atoms. The Hall–Kier alpha value is -4.26. The third-order valence-electron chi connectivity index (χ3n) is 5.39. The zero-order valence-electron chi connectivity index (χ0n) is 18.5. The fourth-order valence-corrected chi connectivity index (χ4v) is 3.56. The van der Waals surface area contributed by atoms with E-state index in [-0.39, 0.29) is 11.7 Å². The predicted molar refractivity (Wildman–Crippen MR) is 126 cm³/mol. The average Bonchev–Trinajstić information content (AvgIpc) is 3.23. The number of nitrogens with zero attached hydrogens (tertiary/aromatic N) is 3. The van der Waals surface area contributed by atoms with Gasteiger partial charge in [-0.15, -0.1) is 10.2 Å². The van der Waals surface area contributed by atoms with Gasteiger partial charge in [0.05, 0.1) is 12.7 Å². The van der Waals surface area contributed by atoms with Crippen LogP contribution in [0.15, 0.2) is 78.9 Å². The number of methoxy groups -OCH3 is 1. The standard InChI is InChI=1S/C26H24N4O3/c1-30-24(17-16-22(31)18-8-4-3-5-9-18)28-29-25(30)19-12-14-20(15-13-19)27-26(32)21-10-6-7-11-23(21)33-2/h3-15H,16-17H2,1-2H3,(H,27,32). The maximum atomic E-state index is 12.6. The van der Waals surface area contributed by atoms with Gasteiger partial charge in [0.1, 0.15) is 11.6 Å². The number of aryl methyl sites for hydroxylation is 1. The minimum atomic E-state index is -0.246. The molecule has 1 amide bonds. The lowest BCUT2D eigenvalue weighted by Crippen LogP contribution is -2.13. The molecule has 0 spiro atoms.